The van der Waals surface area contributed by atoms with Gasteiger partial charge in [-0.1, -0.05) is 32.9 Å². The minimum Gasteiger partial charge on any atom is -0.468 e. The van der Waals surface area contributed by atoms with Crippen LogP contribution in [0.2, 0.25) is 18.1 Å². The van der Waals surface area contributed by atoms with Crippen LogP contribution in [-0.4, -0.2) is 28.0 Å². The summed E-state index contributed by atoms with van der Waals surface area (Å²) in [5.41, 5.74) is -0.592. The number of ether oxygens (including phenoxy) is 1. The molecular weight excluding hydrogens is 244 g/mol. The van der Waals surface area contributed by atoms with Crippen molar-refractivity contribution in [3.8, 4) is 0 Å². The molecular formula is C14H28O3Si. The SMILES string of the molecule is COC(=O)C(C)(C)C=CCO[Si](C)(C)C(C)(C)C. The van der Waals surface area contributed by atoms with Gasteiger partial charge in [-0.15, -0.1) is 0 Å². The maximum Gasteiger partial charge on any atom is 0.315 e. The predicted octanol–water partition coefficient (Wildman–Crippen LogP) is 3.76. The molecule has 0 heterocycles. The summed E-state index contributed by atoms with van der Waals surface area (Å²) < 4.78 is 10.7. The van der Waals surface area contributed by atoms with E-state index in [0.29, 0.717) is 6.61 Å². The first-order valence-corrected chi connectivity index (χ1v) is 9.25. The van der Waals surface area contributed by atoms with E-state index >= 15 is 0 Å². The molecule has 0 atom stereocenters. The fourth-order valence-corrected chi connectivity index (χ4v) is 2.09. The highest BCUT2D eigenvalue weighted by atomic mass is 28.4. The van der Waals surface area contributed by atoms with Crippen LogP contribution in [0.4, 0.5) is 0 Å². The molecule has 0 saturated carbocycles. The molecule has 0 unspecified atom stereocenters. The maximum absolute atomic E-state index is 11.5. The molecule has 0 aliphatic heterocycles. The molecule has 0 spiro atoms. The normalized spacial score (nSPS) is 14.0. The van der Waals surface area contributed by atoms with E-state index in [0.717, 1.165) is 0 Å². The fraction of sp³-hybridized carbons (Fsp3) is 0.786. The Morgan fingerprint density at radius 2 is 1.67 bits per heavy atom. The highest BCUT2D eigenvalue weighted by molar-refractivity contribution is 6.74. The third-order valence-electron chi connectivity index (χ3n) is 3.59. The van der Waals surface area contributed by atoms with Crippen molar-refractivity contribution in [1.29, 1.82) is 0 Å². The van der Waals surface area contributed by atoms with Crippen LogP contribution < -0.4 is 0 Å². The van der Waals surface area contributed by atoms with Crippen molar-refractivity contribution in [1.82, 2.24) is 0 Å². The first-order chi connectivity index (χ1) is 7.94. The molecule has 0 N–H and O–H groups in total. The molecule has 0 bridgehead atoms. The second-order valence-corrected chi connectivity index (χ2v) is 11.5. The Hall–Kier alpha value is -0.613. The van der Waals surface area contributed by atoms with Gasteiger partial charge in [0.2, 0.25) is 0 Å². The van der Waals surface area contributed by atoms with Crippen LogP contribution in [0.3, 0.4) is 0 Å². The number of carbonyl (C=O) groups excluding carboxylic acids is 1. The molecule has 4 heteroatoms. The Labute approximate surface area is 113 Å². The second-order valence-electron chi connectivity index (χ2n) is 6.69. The summed E-state index contributed by atoms with van der Waals surface area (Å²) in [5, 5.41) is 0.207. The van der Waals surface area contributed by atoms with E-state index in [2.05, 4.69) is 33.9 Å². The Morgan fingerprint density at radius 1 is 1.17 bits per heavy atom. The molecule has 0 aliphatic rings. The van der Waals surface area contributed by atoms with Crippen LogP contribution in [0.25, 0.3) is 0 Å². The Bertz CT molecular complexity index is 311. The van der Waals surface area contributed by atoms with Crippen LogP contribution in [0, 0.1) is 5.41 Å². The molecule has 0 fully saturated rings. The maximum atomic E-state index is 11.5. The minimum absolute atomic E-state index is 0.207. The van der Waals surface area contributed by atoms with Crippen molar-refractivity contribution in [2.75, 3.05) is 13.7 Å². The van der Waals surface area contributed by atoms with Crippen molar-refractivity contribution >= 4 is 14.3 Å². The fourth-order valence-electron chi connectivity index (χ4n) is 1.15. The Morgan fingerprint density at radius 3 is 2.06 bits per heavy atom. The quantitative estimate of drug-likeness (QED) is 0.434. The smallest absolute Gasteiger partial charge is 0.315 e. The van der Waals surface area contributed by atoms with Crippen LogP contribution in [0.1, 0.15) is 34.6 Å². The first-order valence-electron chi connectivity index (χ1n) is 6.34. The topological polar surface area (TPSA) is 35.5 Å². The van der Waals surface area contributed by atoms with Gasteiger partial charge in [-0.2, -0.15) is 0 Å². The highest BCUT2D eigenvalue weighted by Crippen LogP contribution is 2.36. The van der Waals surface area contributed by atoms with Crippen molar-refractivity contribution in [3.63, 3.8) is 0 Å². The van der Waals surface area contributed by atoms with E-state index in [1.54, 1.807) is 0 Å². The van der Waals surface area contributed by atoms with Gasteiger partial charge < -0.3 is 9.16 Å². The molecule has 106 valence electrons. The van der Waals surface area contributed by atoms with Crippen molar-refractivity contribution in [3.05, 3.63) is 12.2 Å². The van der Waals surface area contributed by atoms with Crippen LogP contribution in [-0.2, 0) is 14.0 Å². The number of rotatable bonds is 5. The van der Waals surface area contributed by atoms with Gasteiger partial charge in [0, 0.05) is 0 Å². The first kappa shape index (κ1) is 17.4. The third kappa shape index (κ3) is 4.94. The van der Waals surface area contributed by atoms with Gasteiger partial charge in [-0.25, -0.2) is 0 Å². The summed E-state index contributed by atoms with van der Waals surface area (Å²) in [6.07, 6.45) is 3.77. The van der Waals surface area contributed by atoms with Crippen molar-refractivity contribution in [2.24, 2.45) is 5.41 Å². The minimum atomic E-state index is -1.70. The standard InChI is InChI=1S/C14H28O3Si/c1-13(2,3)18(7,8)17-11-9-10-14(4,5)12(15)16-6/h9-10H,11H2,1-8H3. The van der Waals surface area contributed by atoms with Crippen molar-refractivity contribution in [2.45, 2.75) is 52.8 Å². The molecule has 18 heavy (non-hydrogen) atoms. The van der Waals surface area contributed by atoms with E-state index in [1.165, 1.54) is 7.11 Å². The molecule has 0 amide bonds. The average molecular weight is 272 g/mol. The van der Waals surface area contributed by atoms with Gasteiger partial charge in [-0.05, 0) is 32.0 Å². The summed E-state index contributed by atoms with van der Waals surface area (Å²) in [5.74, 6) is -0.230. The summed E-state index contributed by atoms with van der Waals surface area (Å²) in [4.78, 5) is 11.5. The monoisotopic (exact) mass is 272 g/mol. The molecule has 0 rings (SSSR count). The number of methoxy groups -OCH3 is 1. The second kappa shape index (κ2) is 6.02. The van der Waals surface area contributed by atoms with E-state index in [-0.39, 0.29) is 11.0 Å². The molecule has 0 aromatic rings. The lowest BCUT2D eigenvalue weighted by Gasteiger charge is -2.35. The highest BCUT2D eigenvalue weighted by Gasteiger charge is 2.36. The molecule has 0 radical (unpaired) electrons. The lowest BCUT2D eigenvalue weighted by atomic mass is 9.93. The Kier molecular flexibility index (Phi) is 5.81. The number of carbonyl (C=O) groups is 1. The zero-order chi connectivity index (χ0) is 14.6. The van der Waals surface area contributed by atoms with E-state index in [9.17, 15) is 4.79 Å². The third-order valence-corrected chi connectivity index (χ3v) is 8.09. The molecule has 0 aromatic carbocycles. The van der Waals surface area contributed by atoms with Gasteiger partial charge in [0.1, 0.15) is 0 Å². The summed E-state index contributed by atoms with van der Waals surface area (Å²) in [7, 11) is -0.297. The molecule has 0 aromatic heterocycles. The summed E-state index contributed by atoms with van der Waals surface area (Å²) in [6, 6.07) is 0. The van der Waals surface area contributed by atoms with Gasteiger partial charge in [0.05, 0.1) is 19.1 Å². The van der Waals surface area contributed by atoms with Gasteiger partial charge >= 0.3 is 5.97 Å². The van der Waals surface area contributed by atoms with E-state index in [4.69, 9.17) is 9.16 Å². The van der Waals surface area contributed by atoms with E-state index < -0.39 is 13.7 Å². The Balaban J connectivity index is 4.41. The lowest BCUT2D eigenvalue weighted by molar-refractivity contribution is -0.148. The van der Waals surface area contributed by atoms with Crippen LogP contribution in [0.5, 0.6) is 0 Å². The molecule has 0 saturated heterocycles. The summed E-state index contributed by atoms with van der Waals surface area (Å²) in [6.45, 7) is 15.3. The largest absolute Gasteiger partial charge is 0.468 e. The predicted molar refractivity (Wildman–Crippen MR) is 78.1 cm³/mol. The van der Waals surface area contributed by atoms with Crippen molar-refractivity contribution < 1.29 is 14.0 Å². The van der Waals surface area contributed by atoms with Gasteiger partial charge in [0.15, 0.2) is 8.32 Å². The zero-order valence-corrected chi connectivity index (χ0v) is 14.1. The van der Waals surface area contributed by atoms with Gasteiger partial charge in [-0.3, -0.25) is 4.79 Å². The number of esters is 1. The lowest BCUT2D eigenvalue weighted by Crippen LogP contribution is -2.40. The van der Waals surface area contributed by atoms with Gasteiger partial charge in [0.25, 0.3) is 0 Å². The summed E-state index contributed by atoms with van der Waals surface area (Å²) >= 11 is 0. The molecule has 3 nitrogen and oxygen atoms in total. The number of hydrogen-bond acceptors (Lipinski definition) is 3. The van der Waals surface area contributed by atoms with E-state index in [1.807, 2.05) is 26.0 Å². The average Bonchev–Trinajstić information content (AvgIpc) is 2.21. The van der Waals surface area contributed by atoms with Crippen LogP contribution in [0.15, 0.2) is 12.2 Å². The zero-order valence-electron chi connectivity index (χ0n) is 13.1. The number of hydrogen-bond donors (Lipinski definition) is 0. The molecule has 0 aliphatic carbocycles. The van der Waals surface area contributed by atoms with Crippen LogP contribution >= 0.6 is 0 Å².